The molecule has 238 valence electrons. The van der Waals surface area contributed by atoms with Crippen molar-refractivity contribution in [3.05, 3.63) is 158 Å². The van der Waals surface area contributed by atoms with Gasteiger partial charge in [0, 0.05) is 55.8 Å². The van der Waals surface area contributed by atoms with Crippen LogP contribution in [-0.4, -0.2) is 29.1 Å². The Kier molecular flexibility index (Phi) is 6.02. The summed E-state index contributed by atoms with van der Waals surface area (Å²) in [5.41, 5.74) is 12.1. The monoisotopic (exact) mass is 670 g/mol. The molecule has 0 bridgehead atoms. The lowest BCUT2D eigenvalue weighted by molar-refractivity contribution is 1.12. The molecular formula is C44H26N6S. The average Bonchev–Trinajstić information content (AvgIpc) is 3.86. The van der Waals surface area contributed by atoms with Gasteiger partial charge in [-0.2, -0.15) is 0 Å². The van der Waals surface area contributed by atoms with Crippen LogP contribution in [0.1, 0.15) is 0 Å². The van der Waals surface area contributed by atoms with Crippen LogP contribution in [0.15, 0.2) is 158 Å². The lowest BCUT2D eigenvalue weighted by Crippen LogP contribution is -2.01. The minimum absolute atomic E-state index is 0.672. The number of nitrogens with zero attached hydrogens (tertiary/aromatic N) is 6. The predicted molar refractivity (Wildman–Crippen MR) is 210 cm³/mol. The van der Waals surface area contributed by atoms with Crippen LogP contribution in [0.4, 0.5) is 0 Å². The molecule has 0 saturated heterocycles. The Balaban J connectivity index is 1.27. The topological polar surface area (TPSA) is 61.4 Å². The van der Waals surface area contributed by atoms with E-state index < -0.39 is 0 Å². The van der Waals surface area contributed by atoms with Crippen molar-refractivity contribution in [1.29, 1.82) is 0 Å². The molecule has 11 aromatic rings. The van der Waals surface area contributed by atoms with Crippen molar-refractivity contribution in [1.82, 2.24) is 29.1 Å². The molecule has 0 atom stereocenters. The van der Waals surface area contributed by atoms with Gasteiger partial charge in [-0.1, -0.05) is 84.9 Å². The Morgan fingerprint density at radius 3 is 1.63 bits per heavy atom. The molecule has 0 saturated carbocycles. The van der Waals surface area contributed by atoms with E-state index in [1.165, 1.54) is 4.70 Å². The highest BCUT2D eigenvalue weighted by molar-refractivity contribution is 7.26. The summed E-state index contributed by atoms with van der Waals surface area (Å²) < 4.78 is 6.91. The maximum absolute atomic E-state index is 5.39. The van der Waals surface area contributed by atoms with Crippen molar-refractivity contribution in [2.24, 2.45) is 0 Å². The lowest BCUT2D eigenvalue weighted by atomic mass is 10.1. The van der Waals surface area contributed by atoms with E-state index in [0.29, 0.717) is 5.82 Å². The summed E-state index contributed by atoms with van der Waals surface area (Å²) in [6, 6.07) is 50.9. The van der Waals surface area contributed by atoms with Gasteiger partial charge in [0.2, 0.25) is 0 Å². The fourth-order valence-electron chi connectivity index (χ4n) is 7.62. The second kappa shape index (κ2) is 10.9. The fourth-order valence-corrected chi connectivity index (χ4v) is 8.77. The Hall–Kier alpha value is -6.70. The van der Waals surface area contributed by atoms with Crippen molar-refractivity contribution in [3.8, 4) is 34.0 Å². The van der Waals surface area contributed by atoms with E-state index >= 15 is 0 Å². The Morgan fingerprint density at radius 1 is 0.431 bits per heavy atom. The molecule has 0 aliphatic carbocycles. The van der Waals surface area contributed by atoms with E-state index in [9.17, 15) is 0 Å². The van der Waals surface area contributed by atoms with Crippen molar-refractivity contribution >= 4 is 75.5 Å². The molecule has 6 aromatic heterocycles. The Bertz CT molecular complexity index is 2920. The molecule has 0 spiro atoms. The van der Waals surface area contributed by atoms with Crippen LogP contribution in [0.3, 0.4) is 0 Å². The maximum Gasteiger partial charge on any atom is 0.160 e. The van der Waals surface area contributed by atoms with Gasteiger partial charge in [-0.05, 0) is 60.7 Å². The number of aromatic nitrogens is 6. The Morgan fingerprint density at radius 2 is 0.980 bits per heavy atom. The number of fused-ring (bicyclic) bond motifs is 9. The van der Waals surface area contributed by atoms with E-state index in [1.54, 1.807) is 11.3 Å². The molecule has 7 heteroatoms. The van der Waals surface area contributed by atoms with Crippen molar-refractivity contribution in [3.63, 3.8) is 0 Å². The number of benzene rings is 5. The van der Waals surface area contributed by atoms with Crippen LogP contribution in [0.5, 0.6) is 0 Å². The van der Waals surface area contributed by atoms with E-state index in [4.69, 9.17) is 19.9 Å². The highest BCUT2D eigenvalue weighted by Crippen LogP contribution is 2.41. The van der Waals surface area contributed by atoms with E-state index in [-0.39, 0.29) is 0 Å². The molecule has 0 amide bonds. The van der Waals surface area contributed by atoms with Gasteiger partial charge in [0.05, 0.1) is 49.0 Å². The lowest BCUT2D eigenvalue weighted by Gasteiger charge is -2.15. The van der Waals surface area contributed by atoms with Gasteiger partial charge >= 0.3 is 0 Å². The molecule has 5 aromatic carbocycles. The van der Waals surface area contributed by atoms with Gasteiger partial charge in [-0.25, -0.2) is 9.97 Å². The smallest absolute Gasteiger partial charge is 0.160 e. The first-order valence-electron chi connectivity index (χ1n) is 16.9. The third-order valence-electron chi connectivity index (χ3n) is 9.80. The molecule has 6 nitrogen and oxygen atoms in total. The van der Waals surface area contributed by atoms with Crippen LogP contribution in [0, 0.1) is 0 Å². The molecule has 0 fully saturated rings. The summed E-state index contributed by atoms with van der Waals surface area (Å²) in [6.45, 7) is 0. The first kappa shape index (κ1) is 28.2. The molecule has 11 rings (SSSR count). The van der Waals surface area contributed by atoms with Crippen LogP contribution in [-0.2, 0) is 0 Å². The molecular weight excluding hydrogens is 645 g/mol. The molecule has 0 aliphatic rings. The SMILES string of the molecule is c1ccc(-c2nc(-c3cc(-n4c5ccccc5c5ncccc54)cc(-n4c5ccccc5c5ncccc54)c3)nc3c2sc2ccccc23)cc1. The van der Waals surface area contributed by atoms with Gasteiger partial charge in [0.15, 0.2) is 5.82 Å². The van der Waals surface area contributed by atoms with Gasteiger partial charge < -0.3 is 9.13 Å². The maximum atomic E-state index is 5.39. The Labute approximate surface area is 295 Å². The summed E-state index contributed by atoms with van der Waals surface area (Å²) in [4.78, 5) is 20.4. The fraction of sp³-hybridized carbons (Fsp3) is 0. The van der Waals surface area contributed by atoms with Crippen LogP contribution in [0.2, 0.25) is 0 Å². The van der Waals surface area contributed by atoms with Crippen molar-refractivity contribution < 1.29 is 0 Å². The van der Waals surface area contributed by atoms with Crippen molar-refractivity contribution in [2.45, 2.75) is 0 Å². The molecule has 51 heavy (non-hydrogen) atoms. The summed E-state index contributed by atoms with van der Waals surface area (Å²) >= 11 is 1.75. The van der Waals surface area contributed by atoms with E-state index in [1.807, 2.05) is 30.6 Å². The molecule has 0 N–H and O–H groups in total. The highest BCUT2D eigenvalue weighted by Gasteiger charge is 2.21. The van der Waals surface area contributed by atoms with Gasteiger partial charge in [0.1, 0.15) is 0 Å². The summed E-state index contributed by atoms with van der Waals surface area (Å²) in [5, 5.41) is 3.35. The third-order valence-corrected chi connectivity index (χ3v) is 11.0. The first-order chi connectivity index (χ1) is 25.3. The highest BCUT2D eigenvalue weighted by atomic mass is 32.1. The van der Waals surface area contributed by atoms with Crippen LogP contribution >= 0.6 is 11.3 Å². The summed E-state index contributed by atoms with van der Waals surface area (Å²) in [7, 11) is 0. The minimum Gasteiger partial charge on any atom is -0.308 e. The zero-order chi connectivity index (χ0) is 33.5. The van der Waals surface area contributed by atoms with Crippen molar-refractivity contribution in [2.75, 3.05) is 0 Å². The largest absolute Gasteiger partial charge is 0.308 e. The minimum atomic E-state index is 0.672. The molecule has 0 radical (unpaired) electrons. The second-order valence-corrected chi connectivity index (χ2v) is 13.8. The second-order valence-electron chi connectivity index (χ2n) is 12.7. The number of rotatable bonds is 4. The van der Waals surface area contributed by atoms with Gasteiger partial charge in [-0.3, -0.25) is 9.97 Å². The quantitative estimate of drug-likeness (QED) is 0.187. The van der Waals surface area contributed by atoms with E-state index in [0.717, 1.165) is 87.7 Å². The third kappa shape index (κ3) is 4.22. The zero-order valence-electron chi connectivity index (χ0n) is 27.1. The van der Waals surface area contributed by atoms with Gasteiger partial charge in [-0.15, -0.1) is 11.3 Å². The zero-order valence-corrected chi connectivity index (χ0v) is 27.9. The average molecular weight is 671 g/mol. The number of hydrogen-bond acceptors (Lipinski definition) is 5. The van der Waals surface area contributed by atoms with Gasteiger partial charge in [0.25, 0.3) is 0 Å². The number of pyridine rings is 2. The summed E-state index contributed by atoms with van der Waals surface area (Å²) in [6.07, 6.45) is 3.73. The number of para-hydroxylation sites is 2. The van der Waals surface area contributed by atoms with Crippen LogP contribution < -0.4 is 0 Å². The predicted octanol–water partition coefficient (Wildman–Crippen LogP) is 11.2. The van der Waals surface area contributed by atoms with E-state index in [2.05, 4.69) is 137 Å². The number of thiophene rings is 1. The normalized spacial score (nSPS) is 11.9. The molecule has 0 aliphatic heterocycles. The number of hydrogen-bond donors (Lipinski definition) is 0. The van der Waals surface area contributed by atoms with Crippen LogP contribution in [0.25, 0.3) is 98.2 Å². The standard InChI is InChI=1S/C44H26N6S/c1-2-12-27(13-3-1)39-43-42(33-16-6-9-21-38(33)51-43)48-44(47-39)28-24-29(49-34-17-7-4-14-31(34)40-36(49)19-10-22-45-40)26-30(25-28)50-35-18-8-5-15-32(35)41-37(50)20-11-23-46-41/h1-26H. The molecule has 0 unspecified atom stereocenters. The summed E-state index contributed by atoms with van der Waals surface area (Å²) in [5.74, 6) is 0.672. The first-order valence-corrected chi connectivity index (χ1v) is 17.7. The molecule has 6 heterocycles.